The van der Waals surface area contributed by atoms with E-state index in [0.29, 0.717) is 6.20 Å². The minimum atomic E-state index is -4.51. The molecule has 2 amide bonds. The van der Waals surface area contributed by atoms with Gasteiger partial charge in [0.15, 0.2) is 0 Å². The lowest BCUT2D eigenvalue weighted by Crippen LogP contribution is -2.53. The lowest BCUT2D eigenvalue weighted by molar-refractivity contribution is -0.0968. The van der Waals surface area contributed by atoms with Crippen LogP contribution in [-0.4, -0.2) is 18.4 Å². The van der Waals surface area contributed by atoms with Gasteiger partial charge in [-0.15, -0.1) is 0 Å². The molecule has 68 valence electrons. The Hall–Kier alpha value is -1.24. The van der Waals surface area contributed by atoms with Gasteiger partial charge >= 0.3 is 12.2 Å². The number of rotatable bonds is 0. The zero-order valence-electron chi connectivity index (χ0n) is 5.77. The standard InChI is InChI=1S/C5H6F3N3O/c6-5(7,8)2-1-10-4(12)11-3(2)9/h1,3H,9H2,(H2,10,11,12). The van der Waals surface area contributed by atoms with Gasteiger partial charge in [0.25, 0.3) is 0 Å². The molecule has 0 saturated heterocycles. The summed E-state index contributed by atoms with van der Waals surface area (Å²) in [5.74, 6) is 0. The highest BCUT2D eigenvalue weighted by Gasteiger charge is 2.39. The summed E-state index contributed by atoms with van der Waals surface area (Å²) in [5.41, 5.74) is 4.00. The molecule has 1 aliphatic heterocycles. The van der Waals surface area contributed by atoms with E-state index in [4.69, 9.17) is 5.73 Å². The summed E-state index contributed by atoms with van der Waals surface area (Å²) in [4.78, 5) is 10.4. The van der Waals surface area contributed by atoms with Crippen molar-refractivity contribution < 1.29 is 18.0 Å². The second kappa shape index (κ2) is 2.67. The lowest BCUT2D eigenvalue weighted by Gasteiger charge is -2.23. The van der Waals surface area contributed by atoms with Crippen LogP contribution in [-0.2, 0) is 0 Å². The molecule has 4 N–H and O–H groups in total. The van der Waals surface area contributed by atoms with Crippen LogP contribution in [0.5, 0.6) is 0 Å². The molecule has 0 fully saturated rings. The maximum absolute atomic E-state index is 12.0. The van der Waals surface area contributed by atoms with Gasteiger partial charge in [-0.05, 0) is 0 Å². The predicted molar refractivity (Wildman–Crippen MR) is 33.8 cm³/mol. The lowest BCUT2D eigenvalue weighted by atomic mass is 10.2. The molecule has 0 aliphatic carbocycles. The van der Waals surface area contributed by atoms with E-state index in [1.807, 2.05) is 10.6 Å². The first-order chi connectivity index (χ1) is 5.41. The van der Waals surface area contributed by atoms with Crippen molar-refractivity contribution in [3.63, 3.8) is 0 Å². The van der Waals surface area contributed by atoms with Gasteiger partial charge < -0.3 is 16.4 Å². The smallest absolute Gasteiger partial charge is 0.318 e. The Kier molecular flexibility index (Phi) is 1.97. The Labute approximate surface area is 65.6 Å². The quantitative estimate of drug-likeness (QED) is 0.493. The fourth-order valence-electron chi connectivity index (χ4n) is 0.752. The third-order valence-electron chi connectivity index (χ3n) is 1.31. The number of nitrogens with two attached hydrogens (primary N) is 1. The molecule has 1 unspecified atom stereocenters. The van der Waals surface area contributed by atoms with Gasteiger partial charge in [-0.25, -0.2) is 4.79 Å². The maximum Gasteiger partial charge on any atom is 0.417 e. The van der Waals surface area contributed by atoms with E-state index in [1.165, 1.54) is 0 Å². The average molecular weight is 181 g/mol. The summed E-state index contributed by atoms with van der Waals surface area (Å²) in [6, 6.07) is -0.740. The largest absolute Gasteiger partial charge is 0.417 e. The third-order valence-corrected chi connectivity index (χ3v) is 1.31. The first-order valence-electron chi connectivity index (χ1n) is 3.01. The number of hydrogen-bond acceptors (Lipinski definition) is 2. The molecule has 1 atom stereocenters. The van der Waals surface area contributed by atoms with Crippen LogP contribution in [0.1, 0.15) is 0 Å². The summed E-state index contributed by atoms with van der Waals surface area (Å²) in [5, 5.41) is 3.73. The number of urea groups is 1. The molecule has 4 nitrogen and oxygen atoms in total. The highest BCUT2D eigenvalue weighted by atomic mass is 19.4. The molecule has 0 bridgehead atoms. The van der Waals surface area contributed by atoms with Crippen molar-refractivity contribution in [1.29, 1.82) is 0 Å². The molecule has 12 heavy (non-hydrogen) atoms. The Morgan fingerprint density at radius 1 is 1.50 bits per heavy atom. The van der Waals surface area contributed by atoms with Crippen LogP contribution in [0.2, 0.25) is 0 Å². The van der Waals surface area contributed by atoms with Crippen LogP contribution in [0.4, 0.5) is 18.0 Å². The van der Waals surface area contributed by atoms with E-state index in [-0.39, 0.29) is 0 Å². The summed E-state index contributed by atoms with van der Waals surface area (Å²) >= 11 is 0. The fourth-order valence-corrected chi connectivity index (χ4v) is 0.752. The van der Waals surface area contributed by atoms with E-state index in [0.717, 1.165) is 0 Å². The molecule has 0 aromatic carbocycles. The highest BCUT2D eigenvalue weighted by molar-refractivity contribution is 5.77. The number of amides is 2. The Balaban J connectivity index is 2.84. The number of alkyl halides is 3. The van der Waals surface area contributed by atoms with Gasteiger partial charge in [0.2, 0.25) is 0 Å². The fraction of sp³-hybridized carbons (Fsp3) is 0.400. The first-order valence-corrected chi connectivity index (χ1v) is 3.01. The van der Waals surface area contributed by atoms with Crippen molar-refractivity contribution in [3.8, 4) is 0 Å². The minimum Gasteiger partial charge on any atom is -0.318 e. The SMILES string of the molecule is NC1NC(=O)NC=C1C(F)(F)F. The molecule has 0 spiro atoms. The first kappa shape index (κ1) is 8.85. The summed E-state index contributed by atoms with van der Waals surface area (Å²) in [6.07, 6.45) is -5.44. The molecule has 0 aromatic rings. The zero-order chi connectivity index (χ0) is 9.35. The Morgan fingerprint density at radius 2 is 2.08 bits per heavy atom. The van der Waals surface area contributed by atoms with Gasteiger partial charge in [0.1, 0.15) is 6.17 Å². The molecule has 0 radical (unpaired) electrons. The minimum absolute atomic E-state index is 0.559. The van der Waals surface area contributed by atoms with Crippen molar-refractivity contribution >= 4 is 6.03 Å². The monoisotopic (exact) mass is 181 g/mol. The second-order valence-electron chi connectivity index (χ2n) is 2.19. The van der Waals surface area contributed by atoms with Crippen molar-refractivity contribution in [2.24, 2.45) is 5.73 Å². The Bertz CT molecular complexity index is 235. The van der Waals surface area contributed by atoms with E-state index in [9.17, 15) is 18.0 Å². The number of nitrogens with one attached hydrogen (secondary N) is 2. The van der Waals surface area contributed by atoms with Crippen LogP contribution >= 0.6 is 0 Å². The third kappa shape index (κ3) is 1.67. The molecule has 1 rings (SSSR count). The second-order valence-corrected chi connectivity index (χ2v) is 2.19. The molecular formula is C5H6F3N3O. The molecule has 1 aliphatic rings. The van der Waals surface area contributed by atoms with Crippen molar-refractivity contribution in [1.82, 2.24) is 10.6 Å². The van der Waals surface area contributed by atoms with Gasteiger partial charge in [-0.2, -0.15) is 13.2 Å². The summed E-state index contributed by atoms with van der Waals surface area (Å²) in [7, 11) is 0. The van der Waals surface area contributed by atoms with E-state index in [2.05, 4.69) is 0 Å². The van der Waals surface area contributed by atoms with Gasteiger partial charge in [-0.3, -0.25) is 0 Å². The predicted octanol–water partition coefficient (Wildman–Crippen LogP) is 0.0302. The molecule has 0 saturated carbocycles. The normalized spacial score (nSPS) is 24.2. The number of halogens is 3. The van der Waals surface area contributed by atoms with Crippen LogP contribution in [0, 0.1) is 0 Å². The molecular weight excluding hydrogens is 175 g/mol. The van der Waals surface area contributed by atoms with Gasteiger partial charge in [-0.1, -0.05) is 0 Å². The van der Waals surface area contributed by atoms with Crippen LogP contribution < -0.4 is 16.4 Å². The van der Waals surface area contributed by atoms with Crippen LogP contribution in [0.25, 0.3) is 0 Å². The van der Waals surface area contributed by atoms with Crippen molar-refractivity contribution in [2.75, 3.05) is 0 Å². The summed E-state index contributed by atoms with van der Waals surface area (Å²) < 4.78 is 35.9. The zero-order valence-corrected chi connectivity index (χ0v) is 5.77. The molecule has 0 aromatic heterocycles. The maximum atomic E-state index is 12.0. The number of carbonyl (C=O) groups excluding carboxylic acids is 1. The van der Waals surface area contributed by atoms with Crippen LogP contribution in [0.15, 0.2) is 11.8 Å². The average Bonchev–Trinajstić information content (AvgIpc) is 1.83. The topological polar surface area (TPSA) is 67.1 Å². The van der Waals surface area contributed by atoms with Gasteiger partial charge in [0.05, 0.1) is 5.57 Å². The van der Waals surface area contributed by atoms with Crippen molar-refractivity contribution in [2.45, 2.75) is 12.3 Å². The summed E-state index contributed by atoms with van der Waals surface area (Å²) in [6.45, 7) is 0. The van der Waals surface area contributed by atoms with Crippen molar-refractivity contribution in [3.05, 3.63) is 11.8 Å². The Morgan fingerprint density at radius 3 is 2.50 bits per heavy atom. The van der Waals surface area contributed by atoms with Gasteiger partial charge in [0, 0.05) is 6.20 Å². The highest BCUT2D eigenvalue weighted by Crippen LogP contribution is 2.26. The molecule has 7 heteroatoms. The number of hydrogen-bond donors (Lipinski definition) is 3. The van der Waals surface area contributed by atoms with E-state index < -0.39 is 23.9 Å². The van der Waals surface area contributed by atoms with Crippen LogP contribution in [0.3, 0.4) is 0 Å². The molecule has 1 heterocycles. The van der Waals surface area contributed by atoms with E-state index in [1.54, 1.807) is 0 Å². The number of carbonyl (C=O) groups is 1. The van der Waals surface area contributed by atoms with E-state index >= 15 is 0 Å².